The van der Waals surface area contributed by atoms with E-state index in [4.69, 9.17) is 0 Å². The molecule has 0 amide bonds. The number of aliphatic hydroxyl groups excluding tert-OH is 1. The molecule has 0 aliphatic carbocycles. The van der Waals surface area contributed by atoms with E-state index < -0.39 is 0 Å². The van der Waals surface area contributed by atoms with Crippen molar-refractivity contribution in [3.8, 4) is 0 Å². The summed E-state index contributed by atoms with van der Waals surface area (Å²) in [4.78, 5) is 4.07. The molecule has 1 aromatic rings. The first kappa shape index (κ1) is 13.6. The number of aliphatic hydroxyl groups is 1. The Hall–Kier alpha value is -0.450. The number of nitrogens with one attached hydrogen (secondary N) is 1. The lowest BCUT2D eigenvalue weighted by molar-refractivity contribution is 0.161. The lowest BCUT2D eigenvalue weighted by atomic mass is 10.1. The van der Waals surface area contributed by atoms with Crippen LogP contribution in [-0.4, -0.2) is 28.3 Å². The Labute approximate surface area is 105 Å². The summed E-state index contributed by atoms with van der Waals surface area (Å²) >= 11 is 3.36. The van der Waals surface area contributed by atoms with Crippen LogP contribution in [0, 0.1) is 0 Å². The van der Waals surface area contributed by atoms with Gasteiger partial charge in [-0.3, -0.25) is 4.98 Å². The molecule has 1 aromatic heterocycles. The summed E-state index contributed by atoms with van der Waals surface area (Å²) in [6.07, 6.45) is 3.76. The van der Waals surface area contributed by atoms with Crippen LogP contribution in [0.5, 0.6) is 0 Å². The molecule has 90 valence electrons. The fraction of sp³-hybridized carbons (Fsp3) is 0.583. The normalized spacial score (nSPS) is 13.8. The SMILES string of the molecule is CC(C)(C)NCC(O)Cc1cncc(Br)c1. The van der Waals surface area contributed by atoms with Crippen LogP contribution in [0.15, 0.2) is 22.9 Å². The zero-order chi connectivity index (χ0) is 12.2. The molecule has 0 fully saturated rings. The summed E-state index contributed by atoms with van der Waals surface area (Å²) in [6, 6.07) is 1.98. The minimum absolute atomic E-state index is 0.0382. The van der Waals surface area contributed by atoms with E-state index >= 15 is 0 Å². The predicted octanol–water partition coefficient (Wildman–Crippen LogP) is 2.14. The van der Waals surface area contributed by atoms with Gasteiger partial charge in [-0.2, -0.15) is 0 Å². The van der Waals surface area contributed by atoms with Crippen LogP contribution >= 0.6 is 15.9 Å². The van der Waals surface area contributed by atoms with Gasteiger partial charge < -0.3 is 10.4 Å². The first-order valence-corrected chi connectivity index (χ1v) is 6.18. The van der Waals surface area contributed by atoms with Gasteiger partial charge in [0.15, 0.2) is 0 Å². The maximum atomic E-state index is 9.85. The highest BCUT2D eigenvalue weighted by Gasteiger charge is 2.12. The summed E-state index contributed by atoms with van der Waals surface area (Å²) < 4.78 is 0.945. The van der Waals surface area contributed by atoms with E-state index in [1.807, 2.05) is 6.07 Å². The second-order valence-electron chi connectivity index (χ2n) is 5.00. The van der Waals surface area contributed by atoms with E-state index in [1.54, 1.807) is 12.4 Å². The second kappa shape index (κ2) is 5.75. The van der Waals surface area contributed by atoms with Crippen molar-refractivity contribution in [1.82, 2.24) is 10.3 Å². The molecule has 0 bridgehead atoms. The molecule has 0 aromatic carbocycles. The molecule has 3 nitrogen and oxygen atoms in total. The molecule has 0 aliphatic heterocycles. The third kappa shape index (κ3) is 5.58. The number of hydrogen-bond donors (Lipinski definition) is 2. The van der Waals surface area contributed by atoms with Gasteiger partial charge in [0, 0.05) is 35.4 Å². The minimum atomic E-state index is -0.379. The molecule has 0 radical (unpaired) electrons. The Balaban J connectivity index is 2.43. The van der Waals surface area contributed by atoms with Crippen molar-refractivity contribution in [2.45, 2.75) is 38.8 Å². The molecule has 1 heterocycles. The number of β-amino-alcohol motifs (C(OH)–C–C–N with tert-alkyl or cyclic N) is 1. The van der Waals surface area contributed by atoms with Gasteiger partial charge in [0.1, 0.15) is 0 Å². The standard InChI is InChI=1S/C12H19BrN2O/c1-12(2,3)15-8-11(16)5-9-4-10(13)7-14-6-9/h4,6-7,11,15-16H,5,8H2,1-3H3. The average molecular weight is 287 g/mol. The largest absolute Gasteiger partial charge is 0.391 e. The van der Waals surface area contributed by atoms with Crippen LogP contribution in [0.4, 0.5) is 0 Å². The number of aromatic nitrogens is 1. The zero-order valence-electron chi connectivity index (χ0n) is 10.00. The smallest absolute Gasteiger partial charge is 0.0705 e. The molecule has 0 saturated heterocycles. The van der Waals surface area contributed by atoms with E-state index in [2.05, 4.69) is 47.0 Å². The van der Waals surface area contributed by atoms with Crippen molar-refractivity contribution in [2.75, 3.05) is 6.54 Å². The topological polar surface area (TPSA) is 45.1 Å². The van der Waals surface area contributed by atoms with Crippen LogP contribution in [0.25, 0.3) is 0 Å². The van der Waals surface area contributed by atoms with E-state index in [-0.39, 0.29) is 11.6 Å². The first-order chi connectivity index (χ1) is 7.37. The predicted molar refractivity (Wildman–Crippen MR) is 69.4 cm³/mol. The van der Waals surface area contributed by atoms with Gasteiger partial charge >= 0.3 is 0 Å². The van der Waals surface area contributed by atoms with Crippen LogP contribution in [0.1, 0.15) is 26.3 Å². The molecule has 4 heteroatoms. The van der Waals surface area contributed by atoms with Gasteiger partial charge in [-0.05, 0) is 48.3 Å². The monoisotopic (exact) mass is 286 g/mol. The fourth-order valence-electron chi connectivity index (χ4n) is 1.34. The molecule has 1 unspecified atom stereocenters. The Morgan fingerprint density at radius 1 is 1.44 bits per heavy atom. The van der Waals surface area contributed by atoms with E-state index in [9.17, 15) is 5.11 Å². The molecule has 0 spiro atoms. The highest BCUT2D eigenvalue weighted by atomic mass is 79.9. The third-order valence-corrected chi connectivity index (χ3v) is 2.53. The van der Waals surface area contributed by atoms with Crippen molar-refractivity contribution in [2.24, 2.45) is 0 Å². The van der Waals surface area contributed by atoms with Crippen molar-refractivity contribution >= 4 is 15.9 Å². The van der Waals surface area contributed by atoms with Crippen LogP contribution in [0.3, 0.4) is 0 Å². The molecule has 1 rings (SSSR count). The molecular formula is C12H19BrN2O. The average Bonchev–Trinajstić information content (AvgIpc) is 2.14. The molecule has 1 atom stereocenters. The van der Waals surface area contributed by atoms with Gasteiger partial charge in [-0.15, -0.1) is 0 Å². The van der Waals surface area contributed by atoms with Crippen molar-refractivity contribution in [1.29, 1.82) is 0 Å². The Morgan fingerprint density at radius 2 is 2.12 bits per heavy atom. The third-order valence-electron chi connectivity index (χ3n) is 2.10. The van der Waals surface area contributed by atoms with E-state index in [0.29, 0.717) is 13.0 Å². The Bertz CT molecular complexity index is 336. The maximum absolute atomic E-state index is 9.85. The highest BCUT2D eigenvalue weighted by Crippen LogP contribution is 2.11. The summed E-state index contributed by atoms with van der Waals surface area (Å²) in [5.41, 5.74) is 1.08. The van der Waals surface area contributed by atoms with Crippen LogP contribution < -0.4 is 5.32 Å². The first-order valence-electron chi connectivity index (χ1n) is 5.39. The molecule has 16 heavy (non-hydrogen) atoms. The lowest BCUT2D eigenvalue weighted by Crippen LogP contribution is -2.41. The molecule has 0 saturated carbocycles. The fourth-order valence-corrected chi connectivity index (χ4v) is 1.75. The number of nitrogens with zero attached hydrogens (tertiary/aromatic N) is 1. The zero-order valence-corrected chi connectivity index (χ0v) is 11.6. The minimum Gasteiger partial charge on any atom is -0.391 e. The number of halogens is 1. The van der Waals surface area contributed by atoms with Gasteiger partial charge in [-0.25, -0.2) is 0 Å². The van der Waals surface area contributed by atoms with Crippen molar-refractivity contribution in [3.63, 3.8) is 0 Å². The molecule has 2 N–H and O–H groups in total. The maximum Gasteiger partial charge on any atom is 0.0705 e. The number of pyridine rings is 1. The highest BCUT2D eigenvalue weighted by molar-refractivity contribution is 9.10. The van der Waals surface area contributed by atoms with Gasteiger partial charge in [0.2, 0.25) is 0 Å². The van der Waals surface area contributed by atoms with Crippen molar-refractivity contribution in [3.05, 3.63) is 28.5 Å². The Kier molecular flexibility index (Phi) is 4.89. The number of hydrogen-bond acceptors (Lipinski definition) is 3. The quantitative estimate of drug-likeness (QED) is 0.891. The lowest BCUT2D eigenvalue weighted by Gasteiger charge is -2.22. The van der Waals surface area contributed by atoms with Crippen LogP contribution in [0.2, 0.25) is 0 Å². The van der Waals surface area contributed by atoms with Crippen molar-refractivity contribution < 1.29 is 5.11 Å². The van der Waals surface area contributed by atoms with Gasteiger partial charge in [0.05, 0.1) is 6.10 Å². The molecule has 0 aliphatic rings. The Morgan fingerprint density at radius 3 is 2.69 bits per heavy atom. The molecular weight excluding hydrogens is 268 g/mol. The number of rotatable bonds is 4. The summed E-state index contributed by atoms with van der Waals surface area (Å²) in [6.45, 7) is 6.84. The second-order valence-corrected chi connectivity index (χ2v) is 5.92. The summed E-state index contributed by atoms with van der Waals surface area (Å²) in [7, 11) is 0. The van der Waals surface area contributed by atoms with E-state index in [1.165, 1.54) is 0 Å². The van der Waals surface area contributed by atoms with E-state index in [0.717, 1.165) is 10.0 Å². The van der Waals surface area contributed by atoms with Gasteiger partial charge in [0.25, 0.3) is 0 Å². The summed E-state index contributed by atoms with van der Waals surface area (Å²) in [5.74, 6) is 0. The van der Waals surface area contributed by atoms with Crippen LogP contribution in [-0.2, 0) is 6.42 Å². The van der Waals surface area contributed by atoms with Gasteiger partial charge in [-0.1, -0.05) is 0 Å². The summed E-state index contributed by atoms with van der Waals surface area (Å²) in [5, 5.41) is 13.1.